The number of benzene rings is 2. The number of phenolic OH excluding ortho intramolecular Hbond substituents is 1. The zero-order valence-corrected chi connectivity index (χ0v) is 10.2. The van der Waals surface area contributed by atoms with Gasteiger partial charge in [0, 0.05) is 29.3 Å². The van der Waals surface area contributed by atoms with Gasteiger partial charge >= 0.3 is 0 Å². The molecule has 0 unspecified atom stereocenters. The van der Waals surface area contributed by atoms with Crippen molar-refractivity contribution in [2.75, 3.05) is 5.32 Å². The van der Waals surface area contributed by atoms with Gasteiger partial charge in [0.05, 0.1) is 0 Å². The van der Waals surface area contributed by atoms with Crippen molar-refractivity contribution in [3.8, 4) is 5.75 Å². The van der Waals surface area contributed by atoms with Gasteiger partial charge in [-0.15, -0.1) is 0 Å². The summed E-state index contributed by atoms with van der Waals surface area (Å²) in [5.41, 5.74) is 2.84. The average Bonchev–Trinajstić information content (AvgIpc) is 2.87. The van der Waals surface area contributed by atoms with Crippen LogP contribution in [-0.4, -0.2) is 10.1 Å². The molecular weight excluding hydrogens is 243 g/mol. The van der Waals surface area contributed by atoms with Crippen LogP contribution in [-0.2, 0) is 6.54 Å². The zero-order valence-electron chi connectivity index (χ0n) is 10.2. The molecule has 1 aromatic heterocycles. The Labute approximate surface area is 109 Å². The molecule has 3 rings (SSSR count). The van der Waals surface area contributed by atoms with Gasteiger partial charge in [0.1, 0.15) is 0 Å². The first-order valence-corrected chi connectivity index (χ1v) is 6.01. The highest BCUT2D eigenvalue weighted by Gasteiger charge is 2.02. The molecule has 96 valence electrons. The van der Waals surface area contributed by atoms with E-state index in [-0.39, 0.29) is 5.75 Å². The molecule has 0 bridgehead atoms. The van der Waals surface area contributed by atoms with Crippen molar-refractivity contribution in [3.63, 3.8) is 0 Å². The Morgan fingerprint density at radius 2 is 2.00 bits per heavy atom. The average molecular weight is 256 g/mol. The van der Waals surface area contributed by atoms with E-state index in [0.717, 1.165) is 22.2 Å². The number of fused-ring (bicyclic) bond motifs is 1. The number of rotatable bonds is 3. The number of nitrogens with one attached hydrogen (secondary N) is 2. The van der Waals surface area contributed by atoms with E-state index >= 15 is 0 Å². The van der Waals surface area contributed by atoms with Gasteiger partial charge in [-0.1, -0.05) is 6.07 Å². The van der Waals surface area contributed by atoms with Gasteiger partial charge in [0.2, 0.25) is 0 Å². The summed E-state index contributed by atoms with van der Waals surface area (Å²) in [6, 6.07) is 12.4. The molecule has 0 radical (unpaired) electrons. The van der Waals surface area contributed by atoms with Crippen molar-refractivity contribution in [3.05, 3.63) is 60.0 Å². The minimum atomic E-state index is -0.597. The Bertz CT molecular complexity index is 721. The number of aromatic hydroxyl groups is 1. The predicted molar refractivity (Wildman–Crippen MR) is 73.7 cm³/mol. The minimum absolute atomic E-state index is 0.322. The Balaban J connectivity index is 1.75. The van der Waals surface area contributed by atoms with E-state index in [2.05, 4.69) is 10.3 Å². The monoisotopic (exact) mass is 256 g/mol. The van der Waals surface area contributed by atoms with E-state index in [1.807, 2.05) is 30.5 Å². The van der Waals surface area contributed by atoms with Crippen molar-refractivity contribution >= 4 is 16.6 Å². The van der Waals surface area contributed by atoms with Crippen LogP contribution >= 0.6 is 0 Å². The van der Waals surface area contributed by atoms with E-state index < -0.39 is 5.82 Å². The second kappa shape index (κ2) is 4.65. The van der Waals surface area contributed by atoms with Gasteiger partial charge in [0.25, 0.3) is 0 Å². The molecule has 19 heavy (non-hydrogen) atoms. The maximum absolute atomic E-state index is 13.2. The summed E-state index contributed by atoms with van der Waals surface area (Å²) in [6.07, 6.45) is 1.89. The van der Waals surface area contributed by atoms with E-state index in [1.54, 1.807) is 6.07 Å². The number of H-pyrrole nitrogens is 1. The standard InChI is InChI=1S/C15H13FN2O/c16-13-7-10(1-4-15(13)19)9-18-12-2-3-14-11(8-12)5-6-17-14/h1-8,17-19H,9H2. The molecule has 0 saturated carbocycles. The fourth-order valence-electron chi connectivity index (χ4n) is 2.03. The van der Waals surface area contributed by atoms with Crippen molar-refractivity contribution < 1.29 is 9.50 Å². The first-order valence-electron chi connectivity index (χ1n) is 6.01. The molecule has 4 heteroatoms. The second-order valence-corrected chi connectivity index (χ2v) is 4.42. The molecule has 0 aliphatic rings. The van der Waals surface area contributed by atoms with Crippen LogP contribution in [0.15, 0.2) is 48.7 Å². The van der Waals surface area contributed by atoms with Crippen LogP contribution in [0, 0.1) is 5.82 Å². The summed E-state index contributed by atoms with van der Waals surface area (Å²) >= 11 is 0. The molecular formula is C15H13FN2O. The highest BCUT2D eigenvalue weighted by Crippen LogP contribution is 2.20. The molecule has 0 aliphatic heterocycles. The Morgan fingerprint density at radius 3 is 2.84 bits per heavy atom. The van der Waals surface area contributed by atoms with Crippen LogP contribution in [0.4, 0.5) is 10.1 Å². The van der Waals surface area contributed by atoms with E-state index in [4.69, 9.17) is 5.11 Å². The largest absolute Gasteiger partial charge is 0.505 e. The van der Waals surface area contributed by atoms with Gasteiger partial charge in [0.15, 0.2) is 11.6 Å². The lowest BCUT2D eigenvalue weighted by Crippen LogP contribution is -1.99. The maximum Gasteiger partial charge on any atom is 0.165 e. The maximum atomic E-state index is 13.2. The first kappa shape index (κ1) is 11.6. The number of halogens is 1. The highest BCUT2D eigenvalue weighted by molar-refractivity contribution is 5.82. The van der Waals surface area contributed by atoms with Crippen LogP contribution in [0.1, 0.15) is 5.56 Å². The summed E-state index contributed by atoms with van der Waals surface area (Å²) in [5, 5.41) is 13.5. The molecule has 1 heterocycles. The third kappa shape index (κ3) is 2.38. The van der Waals surface area contributed by atoms with E-state index in [1.165, 1.54) is 12.1 Å². The lowest BCUT2D eigenvalue weighted by Gasteiger charge is -2.07. The molecule has 0 aliphatic carbocycles. The summed E-state index contributed by atoms with van der Waals surface area (Å²) in [7, 11) is 0. The second-order valence-electron chi connectivity index (χ2n) is 4.42. The van der Waals surface area contributed by atoms with Gasteiger partial charge in [-0.3, -0.25) is 0 Å². The van der Waals surface area contributed by atoms with Crippen molar-refractivity contribution in [2.45, 2.75) is 6.54 Å². The summed E-state index contributed by atoms with van der Waals surface area (Å²) in [4.78, 5) is 3.13. The normalized spacial score (nSPS) is 10.8. The molecule has 0 atom stereocenters. The molecule has 0 saturated heterocycles. The fraction of sp³-hybridized carbons (Fsp3) is 0.0667. The third-order valence-corrected chi connectivity index (χ3v) is 3.06. The number of phenols is 1. The predicted octanol–water partition coefficient (Wildman–Crippen LogP) is 3.62. The molecule has 3 aromatic rings. The van der Waals surface area contributed by atoms with Gasteiger partial charge in [-0.2, -0.15) is 0 Å². The lowest BCUT2D eigenvalue weighted by atomic mass is 10.2. The summed E-state index contributed by atoms with van der Waals surface area (Å²) < 4.78 is 13.2. The van der Waals surface area contributed by atoms with Crippen molar-refractivity contribution in [2.24, 2.45) is 0 Å². The van der Waals surface area contributed by atoms with Gasteiger partial charge in [-0.05, 0) is 42.0 Å². The van der Waals surface area contributed by atoms with E-state index in [0.29, 0.717) is 6.54 Å². The topological polar surface area (TPSA) is 48.0 Å². The Morgan fingerprint density at radius 1 is 1.11 bits per heavy atom. The van der Waals surface area contributed by atoms with Crippen LogP contribution in [0.3, 0.4) is 0 Å². The molecule has 0 amide bonds. The van der Waals surface area contributed by atoms with Crippen LogP contribution in [0.2, 0.25) is 0 Å². The lowest BCUT2D eigenvalue weighted by molar-refractivity contribution is 0.432. The fourth-order valence-corrected chi connectivity index (χ4v) is 2.03. The van der Waals surface area contributed by atoms with Crippen LogP contribution in [0.5, 0.6) is 5.75 Å². The van der Waals surface area contributed by atoms with Gasteiger partial charge < -0.3 is 15.4 Å². The van der Waals surface area contributed by atoms with Crippen molar-refractivity contribution in [1.82, 2.24) is 4.98 Å². The molecule has 2 aromatic carbocycles. The van der Waals surface area contributed by atoms with Crippen LogP contribution < -0.4 is 5.32 Å². The summed E-state index contributed by atoms with van der Waals surface area (Å²) in [5.74, 6) is -0.919. The Hall–Kier alpha value is -2.49. The number of anilines is 1. The smallest absolute Gasteiger partial charge is 0.165 e. The Kier molecular flexibility index (Phi) is 2.83. The molecule has 3 N–H and O–H groups in total. The van der Waals surface area contributed by atoms with E-state index in [9.17, 15) is 4.39 Å². The van der Waals surface area contributed by atoms with Crippen LogP contribution in [0.25, 0.3) is 10.9 Å². The molecule has 3 nitrogen and oxygen atoms in total. The number of hydrogen-bond acceptors (Lipinski definition) is 2. The quantitative estimate of drug-likeness (QED) is 0.670. The number of hydrogen-bond donors (Lipinski definition) is 3. The van der Waals surface area contributed by atoms with Crippen molar-refractivity contribution in [1.29, 1.82) is 0 Å². The molecule has 0 spiro atoms. The number of aromatic nitrogens is 1. The molecule has 0 fully saturated rings. The number of aromatic amines is 1. The minimum Gasteiger partial charge on any atom is -0.505 e. The van der Waals surface area contributed by atoms with Gasteiger partial charge in [-0.25, -0.2) is 4.39 Å². The third-order valence-electron chi connectivity index (χ3n) is 3.06. The SMILES string of the molecule is Oc1ccc(CNc2ccc3[nH]ccc3c2)cc1F. The summed E-state index contributed by atoms with van der Waals surface area (Å²) in [6.45, 7) is 0.507. The highest BCUT2D eigenvalue weighted by atomic mass is 19.1. The zero-order chi connectivity index (χ0) is 13.2. The first-order chi connectivity index (χ1) is 9.22.